The number of hydrogen-bond donors (Lipinski definition) is 1. The molecule has 8 heteroatoms. The Morgan fingerprint density at radius 2 is 1.68 bits per heavy atom. The number of halogens is 1. The Labute approximate surface area is 163 Å². The molecule has 1 aromatic heterocycles. The Bertz CT molecular complexity index is 1020. The highest BCUT2D eigenvalue weighted by molar-refractivity contribution is 7.89. The maximum absolute atomic E-state index is 13.0. The Kier molecular flexibility index (Phi) is 6.23. The number of rotatable bonds is 8. The van der Waals surface area contributed by atoms with E-state index in [9.17, 15) is 12.8 Å². The summed E-state index contributed by atoms with van der Waals surface area (Å²) in [5.74, 6) is 1.17. The number of aromatic nitrogens is 1. The summed E-state index contributed by atoms with van der Waals surface area (Å²) in [6.45, 7) is 2.53. The Balaban J connectivity index is 1.65. The predicted octanol–water partition coefficient (Wildman–Crippen LogP) is 3.89. The van der Waals surface area contributed by atoms with Crippen molar-refractivity contribution in [2.75, 3.05) is 6.61 Å². The molecule has 28 heavy (non-hydrogen) atoms. The van der Waals surface area contributed by atoms with Gasteiger partial charge in [0.2, 0.25) is 15.9 Å². The van der Waals surface area contributed by atoms with E-state index in [4.69, 9.17) is 9.47 Å². The van der Waals surface area contributed by atoms with Crippen LogP contribution in [0.2, 0.25) is 0 Å². The van der Waals surface area contributed by atoms with Crippen molar-refractivity contribution in [3.05, 3.63) is 78.2 Å². The van der Waals surface area contributed by atoms with Crippen molar-refractivity contribution in [1.82, 2.24) is 9.71 Å². The molecule has 0 unspecified atom stereocenters. The van der Waals surface area contributed by atoms with Crippen LogP contribution in [0.1, 0.15) is 12.5 Å². The molecule has 0 radical (unpaired) electrons. The van der Waals surface area contributed by atoms with Gasteiger partial charge in [-0.25, -0.2) is 22.5 Å². The standard InChI is InChI=1S/C20H19FN2O4S/c1-2-26-17-5-7-18(8-6-17)27-20-13-15(11-12-22-20)14-23-28(24,25)19-9-3-16(21)4-10-19/h3-13,23H,2,14H2,1H3. The van der Waals surface area contributed by atoms with Crippen molar-refractivity contribution in [3.8, 4) is 17.4 Å². The SMILES string of the molecule is CCOc1ccc(Oc2cc(CNS(=O)(=O)c3ccc(F)cc3)ccn2)cc1. The summed E-state index contributed by atoms with van der Waals surface area (Å²) >= 11 is 0. The summed E-state index contributed by atoms with van der Waals surface area (Å²) in [4.78, 5) is 4.13. The third-order valence-electron chi connectivity index (χ3n) is 3.75. The molecule has 0 saturated heterocycles. The number of nitrogens with one attached hydrogen (secondary N) is 1. The highest BCUT2D eigenvalue weighted by Gasteiger charge is 2.14. The second-order valence-electron chi connectivity index (χ2n) is 5.79. The van der Waals surface area contributed by atoms with Gasteiger partial charge < -0.3 is 9.47 Å². The minimum Gasteiger partial charge on any atom is -0.494 e. The molecule has 1 heterocycles. The van der Waals surface area contributed by atoms with Crippen LogP contribution >= 0.6 is 0 Å². The molecule has 2 aromatic carbocycles. The number of sulfonamides is 1. The minimum absolute atomic E-state index is 0.00572. The molecular formula is C20H19FN2O4S. The topological polar surface area (TPSA) is 77.5 Å². The van der Waals surface area contributed by atoms with Gasteiger partial charge in [0, 0.05) is 18.8 Å². The summed E-state index contributed by atoms with van der Waals surface area (Å²) in [5, 5.41) is 0. The van der Waals surface area contributed by atoms with Crippen LogP contribution in [0.4, 0.5) is 4.39 Å². The van der Waals surface area contributed by atoms with Gasteiger partial charge in [0.05, 0.1) is 11.5 Å². The van der Waals surface area contributed by atoms with Crippen LogP contribution in [-0.2, 0) is 16.6 Å². The van der Waals surface area contributed by atoms with Gasteiger partial charge in [-0.15, -0.1) is 0 Å². The third kappa shape index (κ3) is 5.28. The molecule has 0 aliphatic heterocycles. The fourth-order valence-corrected chi connectivity index (χ4v) is 3.40. The first-order valence-electron chi connectivity index (χ1n) is 8.57. The van der Waals surface area contributed by atoms with Gasteiger partial charge in [0.25, 0.3) is 0 Å². The molecule has 0 atom stereocenters. The monoisotopic (exact) mass is 402 g/mol. The van der Waals surface area contributed by atoms with Gasteiger partial charge in [0.1, 0.15) is 17.3 Å². The largest absolute Gasteiger partial charge is 0.494 e. The average molecular weight is 402 g/mol. The van der Waals surface area contributed by atoms with E-state index < -0.39 is 15.8 Å². The maximum Gasteiger partial charge on any atom is 0.240 e. The van der Waals surface area contributed by atoms with Crippen LogP contribution < -0.4 is 14.2 Å². The summed E-state index contributed by atoms with van der Waals surface area (Å²) < 4.78 is 51.1. The minimum atomic E-state index is -3.75. The van der Waals surface area contributed by atoms with Crippen LogP contribution in [-0.4, -0.2) is 20.0 Å². The third-order valence-corrected chi connectivity index (χ3v) is 5.16. The van der Waals surface area contributed by atoms with E-state index in [1.807, 2.05) is 6.92 Å². The summed E-state index contributed by atoms with van der Waals surface area (Å²) in [5.41, 5.74) is 0.668. The lowest BCUT2D eigenvalue weighted by molar-refractivity contribution is 0.339. The summed E-state index contributed by atoms with van der Waals surface area (Å²) in [6, 6.07) is 15.1. The molecule has 1 N–H and O–H groups in total. The fourth-order valence-electron chi connectivity index (χ4n) is 2.38. The van der Waals surface area contributed by atoms with Crippen molar-refractivity contribution in [1.29, 1.82) is 0 Å². The predicted molar refractivity (Wildman–Crippen MR) is 102 cm³/mol. The molecule has 0 aliphatic carbocycles. The number of ether oxygens (including phenoxy) is 2. The average Bonchev–Trinajstić information content (AvgIpc) is 2.69. The quantitative estimate of drug-likeness (QED) is 0.619. The Hall–Kier alpha value is -2.97. The van der Waals surface area contributed by atoms with Gasteiger partial charge in [-0.2, -0.15) is 0 Å². The fraction of sp³-hybridized carbons (Fsp3) is 0.150. The second-order valence-corrected chi connectivity index (χ2v) is 7.55. The molecule has 6 nitrogen and oxygen atoms in total. The van der Waals surface area contributed by atoms with E-state index in [0.717, 1.165) is 17.9 Å². The van der Waals surface area contributed by atoms with E-state index in [2.05, 4.69) is 9.71 Å². The lowest BCUT2D eigenvalue weighted by Gasteiger charge is -2.09. The maximum atomic E-state index is 13.0. The molecule has 0 amide bonds. The smallest absolute Gasteiger partial charge is 0.240 e. The first-order valence-corrected chi connectivity index (χ1v) is 10.1. The molecule has 0 bridgehead atoms. The number of hydrogen-bond acceptors (Lipinski definition) is 5. The van der Waals surface area contributed by atoms with Crippen LogP contribution in [0, 0.1) is 5.82 Å². The first kappa shape index (κ1) is 19.8. The molecule has 0 aliphatic rings. The van der Waals surface area contributed by atoms with Crippen LogP contribution in [0.3, 0.4) is 0 Å². The Morgan fingerprint density at radius 3 is 2.36 bits per heavy atom. The molecule has 3 rings (SSSR count). The highest BCUT2D eigenvalue weighted by atomic mass is 32.2. The van der Waals surface area contributed by atoms with Crippen molar-refractivity contribution in [2.45, 2.75) is 18.4 Å². The van der Waals surface area contributed by atoms with Crippen molar-refractivity contribution < 1.29 is 22.3 Å². The molecular weight excluding hydrogens is 383 g/mol. The zero-order valence-corrected chi connectivity index (χ0v) is 15.9. The summed E-state index contributed by atoms with van der Waals surface area (Å²) in [6.07, 6.45) is 1.53. The van der Waals surface area contributed by atoms with Gasteiger partial charge in [-0.3, -0.25) is 0 Å². The van der Waals surface area contributed by atoms with Gasteiger partial charge in [0.15, 0.2) is 0 Å². The van der Waals surface area contributed by atoms with E-state index in [1.165, 1.54) is 18.3 Å². The van der Waals surface area contributed by atoms with Crippen LogP contribution in [0.5, 0.6) is 17.4 Å². The van der Waals surface area contributed by atoms with Crippen LogP contribution in [0.15, 0.2) is 71.8 Å². The normalized spacial score (nSPS) is 11.2. The zero-order valence-electron chi connectivity index (χ0n) is 15.1. The Morgan fingerprint density at radius 1 is 1.00 bits per heavy atom. The van der Waals surface area contributed by atoms with Gasteiger partial charge in [-0.05, 0) is 67.1 Å². The van der Waals surface area contributed by atoms with E-state index in [-0.39, 0.29) is 11.4 Å². The molecule has 146 valence electrons. The number of nitrogens with zero attached hydrogens (tertiary/aromatic N) is 1. The van der Waals surface area contributed by atoms with Crippen LogP contribution in [0.25, 0.3) is 0 Å². The molecule has 0 saturated carbocycles. The first-order chi connectivity index (χ1) is 13.5. The lowest BCUT2D eigenvalue weighted by atomic mass is 10.3. The summed E-state index contributed by atoms with van der Waals surface area (Å²) in [7, 11) is -3.75. The molecule has 3 aromatic rings. The van der Waals surface area contributed by atoms with Crippen molar-refractivity contribution in [3.63, 3.8) is 0 Å². The highest BCUT2D eigenvalue weighted by Crippen LogP contribution is 2.23. The van der Waals surface area contributed by atoms with E-state index >= 15 is 0 Å². The van der Waals surface area contributed by atoms with Gasteiger partial charge in [-0.1, -0.05) is 0 Å². The van der Waals surface area contributed by atoms with Crippen molar-refractivity contribution >= 4 is 10.0 Å². The van der Waals surface area contributed by atoms with Gasteiger partial charge >= 0.3 is 0 Å². The lowest BCUT2D eigenvalue weighted by Crippen LogP contribution is -2.23. The van der Waals surface area contributed by atoms with E-state index in [0.29, 0.717) is 23.8 Å². The van der Waals surface area contributed by atoms with E-state index in [1.54, 1.807) is 36.4 Å². The second kappa shape index (κ2) is 8.81. The molecule has 0 spiro atoms. The number of pyridine rings is 1. The van der Waals surface area contributed by atoms with Crippen molar-refractivity contribution in [2.24, 2.45) is 0 Å². The number of benzene rings is 2. The zero-order chi connectivity index (χ0) is 20.0. The molecule has 0 fully saturated rings.